The number of aromatic nitrogens is 2. The third-order valence-electron chi connectivity index (χ3n) is 6.06. The predicted octanol–water partition coefficient (Wildman–Crippen LogP) is 3.22. The Kier molecular flexibility index (Phi) is 8.91. The van der Waals surface area contributed by atoms with Crippen molar-refractivity contribution in [3.8, 4) is 0 Å². The zero-order valence-electron chi connectivity index (χ0n) is 22.0. The summed E-state index contributed by atoms with van der Waals surface area (Å²) in [5.41, 5.74) is 0.862. The van der Waals surface area contributed by atoms with Crippen molar-refractivity contribution in [2.45, 2.75) is 47.6 Å². The maximum Gasteiger partial charge on any atom is 0.265 e. The Morgan fingerprint density at radius 2 is 1.81 bits per heavy atom. The first-order chi connectivity index (χ1) is 17.4. The maximum absolute atomic E-state index is 13.4. The van der Waals surface area contributed by atoms with E-state index in [1.807, 2.05) is 13.0 Å². The summed E-state index contributed by atoms with van der Waals surface area (Å²) in [4.78, 5) is 57.7. The number of nitrogens with one attached hydrogen (secondary N) is 2. The van der Waals surface area contributed by atoms with Gasteiger partial charge in [-0.05, 0) is 50.8 Å². The number of rotatable bonds is 9. The Balaban J connectivity index is 1.93. The number of carbonyl (C=O) groups excluding carboxylic acids is 3. The summed E-state index contributed by atoms with van der Waals surface area (Å²) >= 11 is 5.85. The topological polar surface area (TPSA) is 113 Å². The lowest BCUT2D eigenvalue weighted by atomic mass is 9.84. The van der Waals surface area contributed by atoms with Gasteiger partial charge in [0.25, 0.3) is 17.4 Å². The van der Waals surface area contributed by atoms with Gasteiger partial charge in [0.2, 0.25) is 5.91 Å². The lowest BCUT2D eigenvalue weighted by molar-refractivity contribution is -0.142. The summed E-state index contributed by atoms with van der Waals surface area (Å²) in [7, 11) is 0. The molecule has 1 saturated heterocycles. The second kappa shape index (κ2) is 11.7. The monoisotopic (exact) mass is 527 g/mol. The van der Waals surface area contributed by atoms with Crippen LogP contribution in [0.2, 0.25) is 0 Å². The van der Waals surface area contributed by atoms with Crippen molar-refractivity contribution in [2.75, 3.05) is 26.2 Å². The van der Waals surface area contributed by atoms with Crippen LogP contribution < -0.4 is 16.2 Å². The fraction of sp³-hybridized carbons (Fsp3) is 0.444. The number of allylic oxidation sites excluding steroid dienone is 3. The van der Waals surface area contributed by atoms with E-state index in [9.17, 15) is 19.2 Å². The Bertz CT molecular complexity index is 1330. The molecule has 0 bridgehead atoms. The second-order valence-corrected chi connectivity index (χ2v) is 10.7. The molecule has 37 heavy (non-hydrogen) atoms. The molecule has 0 atom stereocenters. The van der Waals surface area contributed by atoms with Gasteiger partial charge >= 0.3 is 0 Å². The van der Waals surface area contributed by atoms with Crippen LogP contribution in [0.5, 0.6) is 0 Å². The molecule has 3 rings (SSSR count). The van der Waals surface area contributed by atoms with Gasteiger partial charge in [-0.1, -0.05) is 37.1 Å². The molecular weight excluding hydrogens is 494 g/mol. The number of pyridine rings is 2. The van der Waals surface area contributed by atoms with Gasteiger partial charge in [-0.3, -0.25) is 23.7 Å². The van der Waals surface area contributed by atoms with Gasteiger partial charge < -0.3 is 15.5 Å². The van der Waals surface area contributed by atoms with Crippen LogP contribution in [0.15, 0.2) is 45.9 Å². The number of halogens is 1. The maximum atomic E-state index is 13.4. The van der Waals surface area contributed by atoms with Crippen molar-refractivity contribution < 1.29 is 14.4 Å². The highest BCUT2D eigenvalue weighted by molar-refractivity contribution is 6.29. The van der Waals surface area contributed by atoms with E-state index in [0.717, 1.165) is 5.57 Å². The zero-order valence-corrected chi connectivity index (χ0v) is 22.7. The first-order valence-electron chi connectivity index (χ1n) is 12.3. The van der Waals surface area contributed by atoms with E-state index in [-0.39, 0.29) is 35.0 Å². The molecule has 2 N–H and O–H groups in total. The number of amides is 3. The average molecular weight is 528 g/mol. The number of carbonyl (C=O) groups is 3. The molecule has 2 aromatic heterocycles. The smallest absolute Gasteiger partial charge is 0.265 e. The molecule has 198 valence electrons. The van der Waals surface area contributed by atoms with E-state index in [2.05, 4.69) is 29.5 Å². The normalized spacial score (nSPS) is 15.4. The molecule has 3 heterocycles. The summed E-state index contributed by atoms with van der Waals surface area (Å²) in [5.74, 6) is -1.10. The minimum Gasteiger partial charge on any atom is -0.352 e. The van der Waals surface area contributed by atoms with Crippen molar-refractivity contribution in [3.05, 3.63) is 62.6 Å². The Morgan fingerprint density at radius 3 is 2.43 bits per heavy atom. The summed E-state index contributed by atoms with van der Waals surface area (Å²) in [6.07, 6.45) is 5.58. The second-order valence-electron chi connectivity index (χ2n) is 10.1. The van der Waals surface area contributed by atoms with E-state index >= 15 is 0 Å². The lowest BCUT2D eigenvalue weighted by Gasteiger charge is -2.45. The molecule has 9 nitrogen and oxygen atoms in total. The van der Waals surface area contributed by atoms with E-state index in [1.165, 1.54) is 16.8 Å². The highest BCUT2D eigenvalue weighted by Gasteiger charge is 2.37. The number of hydrogen-bond acceptors (Lipinski definition) is 5. The van der Waals surface area contributed by atoms with E-state index in [1.54, 1.807) is 30.9 Å². The molecular formula is C27H34ClN5O4. The molecule has 10 heteroatoms. The van der Waals surface area contributed by atoms with E-state index in [4.69, 9.17) is 11.6 Å². The van der Waals surface area contributed by atoms with Crippen LogP contribution in [0.1, 0.15) is 61.8 Å². The van der Waals surface area contributed by atoms with Crippen LogP contribution in [0, 0.1) is 5.41 Å². The lowest BCUT2D eigenvalue weighted by Crippen LogP contribution is -2.56. The van der Waals surface area contributed by atoms with Crippen LogP contribution in [0.3, 0.4) is 0 Å². The first-order valence-corrected chi connectivity index (χ1v) is 12.7. The third kappa shape index (κ3) is 7.07. The van der Waals surface area contributed by atoms with E-state index < -0.39 is 11.5 Å². The fourth-order valence-corrected chi connectivity index (χ4v) is 4.23. The molecule has 2 aromatic rings. The SMILES string of the molecule is CCNC(=O)c1cnc2c(c1)cc(C(=O)NCCC(C)=CC=C(C)Cl)c(=O)n2CC(=O)N1CC(C)(C)C1. The van der Waals surface area contributed by atoms with Crippen molar-refractivity contribution >= 4 is 40.4 Å². The van der Waals surface area contributed by atoms with Gasteiger partial charge in [-0.15, -0.1) is 0 Å². The van der Waals surface area contributed by atoms with Gasteiger partial charge in [0.05, 0.1) is 5.56 Å². The largest absolute Gasteiger partial charge is 0.352 e. The van der Waals surface area contributed by atoms with Gasteiger partial charge in [-0.2, -0.15) is 0 Å². The average Bonchev–Trinajstić information content (AvgIpc) is 2.82. The molecule has 0 aliphatic carbocycles. The van der Waals surface area contributed by atoms with Gasteiger partial charge in [0.15, 0.2) is 0 Å². The number of fused-ring (bicyclic) bond motifs is 1. The fourth-order valence-electron chi connectivity index (χ4n) is 4.17. The Hall–Kier alpha value is -3.46. The van der Waals surface area contributed by atoms with Crippen molar-refractivity contribution in [3.63, 3.8) is 0 Å². The molecule has 0 radical (unpaired) electrons. The Morgan fingerprint density at radius 1 is 1.11 bits per heavy atom. The van der Waals surface area contributed by atoms with Crippen molar-refractivity contribution in [2.24, 2.45) is 5.41 Å². The van der Waals surface area contributed by atoms with Crippen LogP contribution in [0.25, 0.3) is 11.0 Å². The molecule has 1 aliphatic heterocycles. The van der Waals surface area contributed by atoms with Crippen molar-refractivity contribution in [1.29, 1.82) is 0 Å². The number of hydrogen-bond donors (Lipinski definition) is 2. The van der Waals surface area contributed by atoms with Gasteiger partial charge in [0, 0.05) is 42.8 Å². The molecule has 0 aromatic carbocycles. The van der Waals surface area contributed by atoms with Crippen LogP contribution >= 0.6 is 11.6 Å². The number of likely N-dealkylation sites (tertiary alicyclic amines) is 1. The molecule has 0 unspecified atom stereocenters. The Labute approximate surface area is 221 Å². The third-order valence-corrected chi connectivity index (χ3v) is 6.18. The minimum absolute atomic E-state index is 0.0368. The van der Waals surface area contributed by atoms with E-state index in [0.29, 0.717) is 48.6 Å². The minimum atomic E-state index is -0.607. The quantitative estimate of drug-likeness (QED) is 0.486. The summed E-state index contributed by atoms with van der Waals surface area (Å²) in [5, 5.41) is 6.56. The summed E-state index contributed by atoms with van der Waals surface area (Å²) < 4.78 is 1.22. The molecule has 0 spiro atoms. The zero-order chi connectivity index (χ0) is 27.3. The van der Waals surface area contributed by atoms with Gasteiger partial charge in [-0.25, -0.2) is 4.98 Å². The van der Waals surface area contributed by atoms with Crippen LogP contribution in [0.4, 0.5) is 0 Å². The van der Waals surface area contributed by atoms with Crippen LogP contribution in [-0.2, 0) is 11.3 Å². The molecule has 1 aliphatic rings. The van der Waals surface area contributed by atoms with Crippen molar-refractivity contribution in [1.82, 2.24) is 25.1 Å². The highest BCUT2D eigenvalue weighted by atomic mass is 35.5. The highest BCUT2D eigenvalue weighted by Crippen LogP contribution is 2.28. The summed E-state index contributed by atoms with van der Waals surface area (Å²) in [6, 6.07) is 3.00. The van der Waals surface area contributed by atoms with Gasteiger partial charge in [0.1, 0.15) is 17.8 Å². The molecule has 0 saturated carbocycles. The summed E-state index contributed by atoms with van der Waals surface area (Å²) in [6.45, 7) is 11.3. The predicted molar refractivity (Wildman–Crippen MR) is 145 cm³/mol. The van der Waals surface area contributed by atoms with Crippen LogP contribution in [-0.4, -0.2) is 58.4 Å². The molecule has 1 fully saturated rings. The standard InChI is InChI=1S/C27H34ClN5O4/c1-6-29-24(35)20-11-19-12-21(25(36)30-10-9-17(2)7-8-18(3)28)26(37)33(23(19)31-13-20)14-22(34)32-15-27(4,5)16-32/h7-8,11-13H,6,9-10,14-16H2,1-5H3,(H,29,35)(H,30,36). The molecule has 3 amide bonds. The first kappa shape index (κ1) is 28.1. The number of nitrogens with zero attached hydrogens (tertiary/aromatic N) is 3.